The van der Waals surface area contributed by atoms with Crippen LogP contribution in [-0.2, 0) is 9.53 Å². The van der Waals surface area contributed by atoms with Gasteiger partial charge in [-0.15, -0.1) is 0 Å². The number of carboxylic acid groups (broad SMARTS) is 1. The van der Waals surface area contributed by atoms with Gasteiger partial charge in [-0.25, -0.2) is 14.0 Å². The average molecular weight is 631 g/mol. The number of aromatic nitrogens is 2. The van der Waals surface area contributed by atoms with Gasteiger partial charge >= 0.3 is 11.8 Å². The Bertz CT molecular complexity index is 1330. The van der Waals surface area contributed by atoms with Crippen LogP contribution in [0.4, 0.5) is 9.18 Å². The molecule has 1 saturated heterocycles. The number of aliphatic hydroxyl groups excluding tert-OH is 1. The van der Waals surface area contributed by atoms with Crippen LogP contribution in [0.3, 0.4) is 0 Å². The Kier molecular flexibility index (Phi) is 16.6. The zero-order valence-corrected chi connectivity index (χ0v) is 26.1. The molecule has 2 rings (SSSR count). The molecule has 0 unspecified atom stereocenters. The maximum absolute atomic E-state index is 15.4. The van der Waals surface area contributed by atoms with Gasteiger partial charge in [0.05, 0.1) is 6.54 Å². The lowest BCUT2D eigenvalue weighted by Crippen LogP contribution is -2.47. The van der Waals surface area contributed by atoms with Crippen molar-refractivity contribution in [3.63, 3.8) is 0 Å². The van der Waals surface area contributed by atoms with Gasteiger partial charge in [0.1, 0.15) is 12.2 Å². The smallest absolute Gasteiger partial charge is 0.407 e. The number of halogens is 1. The van der Waals surface area contributed by atoms with E-state index in [4.69, 9.17) is 4.74 Å². The quantitative estimate of drug-likeness (QED) is 0.129. The molecule has 12 heteroatoms. The first-order valence-electron chi connectivity index (χ1n) is 15.4. The van der Waals surface area contributed by atoms with Crippen molar-refractivity contribution in [3.8, 4) is 0 Å². The second kappa shape index (κ2) is 20.1. The number of hydrogen-bond donors (Lipinski definition) is 4. The van der Waals surface area contributed by atoms with Gasteiger partial charge in [-0.3, -0.25) is 19.1 Å². The number of allylic oxidation sites excluding steroid dienone is 10. The minimum atomic E-state index is -2.45. The molecular formula is C33H47FN4O7. The van der Waals surface area contributed by atoms with Crippen molar-refractivity contribution in [2.24, 2.45) is 0 Å². The molecule has 4 atom stereocenters. The highest BCUT2D eigenvalue weighted by Crippen LogP contribution is 2.40. The molecule has 45 heavy (non-hydrogen) atoms. The molecular weight excluding hydrogens is 583 g/mol. The number of aromatic amines is 1. The van der Waals surface area contributed by atoms with Crippen molar-refractivity contribution in [1.29, 1.82) is 0 Å². The summed E-state index contributed by atoms with van der Waals surface area (Å²) in [4.78, 5) is 50.3. The zero-order chi connectivity index (χ0) is 33.1. The number of nitrogens with one attached hydrogen (secondary N) is 2. The highest BCUT2D eigenvalue weighted by atomic mass is 19.1. The fourth-order valence-electron chi connectivity index (χ4n) is 4.62. The van der Waals surface area contributed by atoms with Crippen LogP contribution in [0.2, 0.25) is 0 Å². The molecule has 2 heterocycles. The second-order valence-electron chi connectivity index (χ2n) is 10.8. The summed E-state index contributed by atoms with van der Waals surface area (Å²) in [7, 11) is 0. The van der Waals surface area contributed by atoms with E-state index in [9.17, 15) is 29.4 Å². The number of carbonyl (C=O) groups excluding carboxylic acids is 1. The number of hydrogen-bond acceptors (Lipinski definition) is 6. The van der Waals surface area contributed by atoms with Crippen molar-refractivity contribution in [3.05, 3.63) is 93.9 Å². The summed E-state index contributed by atoms with van der Waals surface area (Å²) >= 11 is 0. The van der Waals surface area contributed by atoms with E-state index < -0.39 is 48.0 Å². The number of aliphatic hydroxyl groups is 1. The summed E-state index contributed by atoms with van der Waals surface area (Å²) < 4.78 is 21.7. The number of alkyl halides is 1. The number of unbranched alkanes of at least 4 members (excludes halogenated alkanes) is 1. The molecule has 0 bridgehead atoms. The molecule has 1 aliphatic heterocycles. The van der Waals surface area contributed by atoms with Crippen molar-refractivity contribution in [1.82, 2.24) is 19.8 Å². The van der Waals surface area contributed by atoms with E-state index in [-0.39, 0.29) is 25.4 Å². The van der Waals surface area contributed by atoms with Gasteiger partial charge < -0.3 is 25.2 Å². The van der Waals surface area contributed by atoms with Crippen molar-refractivity contribution < 1.29 is 28.9 Å². The fourth-order valence-corrected chi connectivity index (χ4v) is 4.62. The maximum Gasteiger partial charge on any atom is 0.407 e. The third kappa shape index (κ3) is 13.2. The maximum atomic E-state index is 15.4. The van der Waals surface area contributed by atoms with Crippen LogP contribution in [0.1, 0.15) is 71.4 Å². The summed E-state index contributed by atoms with van der Waals surface area (Å²) in [6, 6.07) is 1.01. The molecule has 1 aromatic rings. The summed E-state index contributed by atoms with van der Waals surface area (Å²) in [6.07, 6.45) is 22.6. The monoisotopic (exact) mass is 630 g/mol. The van der Waals surface area contributed by atoms with Gasteiger partial charge in [0.15, 0.2) is 11.9 Å². The third-order valence-corrected chi connectivity index (χ3v) is 7.13. The highest BCUT2D eigenvalue weighted by molar-refractivity contribution is 5.75. The highest BCUT2D eigenvalue weighted by Gasteiger charge is 2.55. The lowest BCUT2D eigenvalue weighted by Gasteiger charge is -2.25. The topological polar surface area (TPSA) is 154 Å². The van der Waals surface area contributed by atoms with Crippen LogP contribution in [0.5, 0.6) is 0 Å². The van der Waals surface area contributed by atoms with Gasteiger partial charge in [0.25, 0.3) is 5.56 Å². The minimum absolute atomic E-state index is 0.0192. The van der Waals surface area contributed by atoms with E-state index in [1.165, 1.54) is 0 Å². The molecule has 1 aliphatic rings. The van der Waals surface area contributed by atoms with Gasteiger partial charge in [-0.05, 0) is 51.9 Å². The van der Waals surface area contributed by atoms with Crippen molar-refractivity contribution in [2.75, 3.05) is 19.6 Å². The molecule has 248 valence electrons. The molecule has 1 aromatic heterocycles. The van der Waals surface area contributed by atoms with E-state index in [1.807, 2.05) is 11.1 Å². The number of nitrogens with zero attached hydrogens (tertiary/aromatic N) is 2. The molecule has 0 aromatic carbocycles. The van der Waals surface area contributed by atoms with Crippen LogP contribution < -0.4 is 16.6 Å². The first kappa shape index (κ1) is 37.2. The predicted octanol–water partition coefficient (Wildman–Crippen LogP) is 4.54. The summed E-state index contributed by atoms with van der Waals surface area (Å²) in [5.41, 5.74) is -4.06. The Morgan fingerprint density at radius 3 is 2.18 bits per heavy atom. The molecule has 0 radical (unpaired) electrons. The summed E-state index contributed by atoms with van der Waals surface area (Å²) in [6.45, 7) is 2.66. The molecule has 0 spiro atoms. The lowest BCUT2D eigenvalue weighted by atomic mass is 9.98. The van der Waals surface area contributed by atoms with Gasteiger partial charge in [-0.1, -0.05) is 67.7 Å². The van der Waals surface area contributed by atoms with Gasteiger partial charge in [0.2, 0.25) is 5.91 Å². The van der Waals surface area contributed by atoms with E-state index >= 15 is 4.39 Å². The largest absolute Gasteiger partial charge is 0.465 e. The van der Waals surface area contributed by atoms with Crippen LogP contribution in [0.25, 0.3) is 0 Å². The third-order valence-electron chi connectivity index (χ3n) is 7.13. The Balaban J connectivity index is 1.65. The molecule has 0 aliphatic carbocycles. The molecule has 11 nitrogen and oxygen atoms in total. The standard InChI is InChI=1S/C33H47FN4O7/c1-3-4-5-6-7-8-9-10-11-12-13-14-15-16-17-18-19-20-27(39)35-22-24-37(32(43)44)25-26-29(41)33(2,34)30(45-26)38-23-21-28(40)36-31(38)42/h4-5,7-8,10-11,13-14,16-17,21,23,26,29-30,41H,3,6,9,12,15,18-20,22,24-25H2,1-2H3,(H,35,39)(H,43,44)(H,36,40,42)/b5-4-,8-7-,11-10-,14-13-,17-16-/t26-,29-,30-,33-/m1/s1. The number of carbonyl (C=O) groups is 2. The molecule has 1 fully saturated rings. The number of H-pyrrole nitrogens is 1. The van der Waals surface area contributed by atoms with Crippen molar-refractivity contribution in [2.45, 2.75) is 89.3 Å². The molecule has 0 saturated carbocycles. The number of amides is 2. The fraction of sp³-hybridized carbons (Fsp3) is 0.515. The van der Waals surface area contributed by atoms with Crippen molar-refractivity contribution >= 4 is 12.0 Å². The van der Waals surface area contributed by atoms with E-state index in [0.717, 1.165) is 67.2 Å². The van der Waals surface area contributed by atoms with E-state index in [2.05, 4.69) is 66.9 Å². The Morgan fingerprint density at radius 1 is 1.04 bits per heavy atom. The van der Waals surface area contributed by atoms with Crippen LogP contribution in [0, 0.1) is 0 Å². The SMILES string of the molecule is CC/C=C\C/C=C\C/C=C\C/C=C\C/C=C\CCCC(=O)NCCN(C[C@H]1O[C@@H](n2ccc(=O)[nH]c2=O)[C@](C)(F)[C@@H]1O)C(=O)O. The first-order chi connectivity index (χ1) is 21.6. The van der Waals surface area contributed by atoms with Gasteiger partial charge in [0, 0.05) is 31.8 Å². The summed E-state index contributed by atoms with van der Waals surface area (Å²) in [5, 5.41) is 22.8. The van der Waals surface area contributed by atoms with Crippen LogP contribution in [-0.4, -0.2) is 74.2 Å². The van der Waals surface area contributed by atoms with Gasteiger partial charge in [-0.2, -0.15) is 0 Å². The predicted molar refractivity (Wildman–Crippen MR) is 172 cm³/mol. The summed E-state index contributed by atoms with van der Waals surface area (Å²) in [5.74, 6) is -0.223. The Labute approximate surface area is 263 Å². The zero-order valence-electron chi connectivity index (χ0n) is 26.1. The Morgan fingerprint density at radius 2 is 1.62 bits per heavy atom. The Hall–Kier alpha value is -4.03. The minimum Gasteiger partial charge on any atom is -0.465 e. The average Bonchev–Trinajstić information content (AvgIpc) is 3.21. The number of ether oxygens (including phenoxy) is 1. The lowest BCUT2D eigenvalue weighted by molar-refractivity contribution is -0.121. The van der Waals surface area contributed by atoms with E-state index in [0.29, 0.717) is 6.42 Å². The van der Waals surface area contributed by atoms with Crippen LogP contribution >= 0.6 is 0 Å². The second-order valence-corrected chi connectivity index (χ2v) is 10.8. The van der Waals surface area contributed by atoms with E-state index in [1.54, 1.807) is 0 Å². The molecule has 2 amide bonds. The number of rotatable bonds is 19. The first-order valence-corrected chi connectivity index (χ1v) is 15.4. The molecule has 4 N–H and O–H groups in total. The normalized spacial score (nSPS) is 22.1. The van der Waals surface area contributed by atoms with Crippen LogP contribution in [0.15, 0.2) is 82.6 Å².